The molecule has 1 aromatic carbocycles. The van der Waals surface area contributed by atoms with Gasteiger partial charge in [-0.1, -0.05) is 30.3 Å². The Kier molecular flexibility index (Phi) is 6.60. The number of carbonyl (C=O) groups excluding carboxylic acids is 3. The first kappa shape index (κ1) is 19.8. The Balaban J connectivity index is 1.86. The molecule has 142 valence electrons. The van der Waals surface area contributed by atoms with E-state index in [1.807, 2.05) is 44.2 Å². The van der Waals surface area contributed by atoms with E-state index in [0.717, 1.165) is 5.56 Å². The average molecular weight is 361 g/mol. The topological polar surface area (TPSA) is 79.0 Å². The minimum Gasteiger partial charge on any atom is -0.450 e. The minimum atomic E-state index is -0.612. The first-order valence-corrected chi connectivity index (χ1v) is 8.89. The third kappa shape index (κ3) is 4.74. The summed E-state index contributed by atoms with van der Waals surface area (Å²) in [5.74, 6) is -0.118. The fourth-order valence-electron chi connectivity index (χ4n) is 2.97. The van der Waals surface area contributed by atoms with Gasteiger partial charge in [0.05, 0.1) is 12.0 Å². The van der Waals surface area contributed by atoms with E-state index in [1.165, 1.54) is 0 Å². The Bertz CT molecular complexity index is 637. The Hall–Kier alpha value is -2.57. The second-order valence-electron chi connectivity index (χ2n) is 6.74. The average Bonchev–Trinajstić information content (AvgIpc) is 2.66. The predicted octanol–water partition coefficient (Wildman–Crippen LogP) is 1.38. The summed E-state index contributed by atoms with van der Waals surface area (Å²) in [6.07, 6.45) is -0.598. The highest BCUT2D eigenvalue weighted by Gasteiger charge is 2.35. The predicted molar refractivity (Wildman–Crippen MR) is 97.7 cm³/mol. The maximum absolute atomic E-state index is 12.9. The molecule has 1 fully saturated rings. The zero-order valence-electron chi connectivity index (χ0n) is 15.7. The van der Waals surface area contributed by atoms with Crippen molar-refractivity contribution in [3.8, 4) is 0 Å². The maximum Gasteiger partial charge on any atom is 0.407 e. The maximum atomic E-state index is 12.9. The molecule has 0 aromatic heterocycles. The molecule has 0 bridgehead atoms. The highest BCUT2D eigenvalue weighted by atomic mass is 16.5. The van der Waals surface area contributed by atoms with Crippen LogP contribution in [-0.4, -0.2) is 67.0 Å². The summed E-state index contributed by atoms with van der Waals surface area (Å²) in [5, 5.41) is 2.43. The van der Waals surface area contributed by atoms with Crippen molar-refractivity contribution in [2.75, 3.05) is 39.3 Å². The summed E-state index contributed by atoms with van der Waals surface area (Å²) in [6.45, 7) is 7.60. The number of nitrogens with zero attached hydrogens (tertiary/aromatic N) is 2. The van der Waals surface area contributed by atoms with Gasteiger partial charge in [-0.05, 0) is 26.3 Å². The molecular weight excluding hydrogens is 334 g/mol. The number of hydrogen-bond acceptors (Lipinski definition) is 4. The molecule has 0 atom stereocenters. The number of alkyl carbamates (subject to hydrolysis) is 1. The van der Waals surface area contributed by atoms with Crippen molar-refractivity contribution in [2.45, 2.75) is 26.2 Å². The van der Waals surface area contributed by atoms with Crippen LogP contribution < -0.4 is 5.32 Å². The molecule has 1 aliphatic rings. The summed E-state index contributed by atoms with van der Waals surface area (Å²) >= 11 is 0. The van der Waals surface area contributed by atoms with E-state index in [9.17, 15) is 14.4 Å². The van der Waals surface area contributed by atoms with Gasteiger partial charge in [0, 0.05) is 26.2 Å². The highest BCUT2D eigenvalue weighted by molar-refractivity contribution is 5.88. The second kappa shape index (κ2) is 8.69. The molecule has 3 amide bonds. The van der Waals surface area contributed by atoms with Crippen LogP contribution in [0.1, 0.15) is 26.3 Å². The summed E-state index contributed by atoms with van der Waals surface area (Å²) < 4.78 is 4.73. The molecule has 0 saturated carbocycles. The van der Waals surface area contributed by atoms with Gasteiger partial charge in [-0.25, -0.2) is 4.79 Å². The molecule has 1 aliphatic heterocycles. The van der Waals surface area contributed by atoms with Gasteiger partial charge in [0.1, 0.15) is 6.54 Å². The van der Waals surface area contributed by atoms with Crippen molar-refractivity contribution in [1.29, 1.82) is 0 Å². The number of hydrogen-bond donors (Lipinski definition) is 1. The summed E-state index contributed by atoms with van der Waals surface area (Å²) in [7, 11) is 0. The van der Waals surface area contributed by atoms with Crippen molar-refractivity contribution in [3.05, 3.63) is 35.9 Å². The first-order chi connectivity index (χ1) is 12.4. The SMILES string of the molecule is CCOC(=O)NCC(=O)N1CCN(C(=O)C(C)(C)c2ccccc2)CC1. The molecule has 0 aliphatic carbocycles. The van der Waals surface area contributed by atoms with Crippen LogP contribution in [0, 0.1) is 0 Å². The van der Waals surface area contributed by atoms with Crippen molar-refractivity contribution in [3.63, 3.8) is 0 Å². The Morgan fingerprint density at radius 1 is 1.04 bits per heavy atom. The molecular formula is C19H27N3O4. The zero-order chi connectivity index (χ0) is 19.2. The van der Waals surface area contributed by atoms with Gasteiger partial charge in [0.15, 0.2) is 0 Å². The van der Waals surface area contributed by atoms with Gasteiger partial charge in [0.25, 0.3) is 0 Å². The van der Waals surface area contributed by atoms with Crippen LogP contribution in [0.4, 0.5) is 4.79 Å². The summed E-state index contributed by atoms with van der Waals surface area (Å²) in [5.41, 5.74) is 0.362. The third-order valence-electron chi connectivity index (χ3n) is 4.61. The lowest BCUT2D eigenvalue weighted by atomic mass is 9.83. The molecule has 2 rings (SSSR count). The molecule has 1 heterocycles. The van der Waals surface area contributed by atoms with Crippen molar-refractivity contribution in [2.24, 2.45) is 0 Å². The lowest BCUT2D eigenvalue weighted by Crippen LogP contribution is -2.55. The molecule has 0 unspecified atom stereocenters. The second-order valence-corrected chi connectivity index (χ2v) is 6.74. The fourth-order valence-corrected chi connectivity index (χ4v) is 2.97. The van der Waals surface area contributed by atoms with E-state index in [4.69, 9.17) is 4.74 Å². The largest absolute Gasteiger partial charge is 0.450 e. The Morgan fingerprint density at radius 3 is 2.19 bits per heavy atom. The molecule has 7 nitrogen and oxygen atoms in total. The van der Waals surface area contributed by atoms with Gasteiger partial charge in [-0.15, -0.1) is 0 Å². The summed E-state index contributed by atoms with van der Waals surface area (Å²) in [6, 6.07) is 9.70. The number of piperazine rings is 1. The third-order valence-corrected chi connectivity index (χ3v) is 4.61. The number of carbonyl (C=O) groups is 3. The molecule has 0 radical (unpaired) electrons. The number of ether oxygens (including phenoxy) is 1. The summed E-state index contributed by atoms with van der Waals surface area (Å²) in [4.78, 5) is 39.8. The van der Waals surface area contributed by atoms with E-state index in [-0.39, 0.29) is 25.0 Å². The van der Waals surface area contributed by atoms with E-state index in [0.29, 0.717) is 26.2 Å². The van der Waals surface area contributed by atoms with Gasteiger partial charge >= 0.3 is 6.09 Å². The Morgan fingerprint density at radius 2 is 1.62 bits per heavy atom. The van der Waals surface area contributed by atoms with Crippen molar-refractivity contribution >= 4 is 17.9 Å². The number of benzene rings is 1. The van der Waals surface area contributed by atoms with Crippen molar-refractivity contribution in [1.82, 2.24) is 15.1 Å². The van der Waals surface area contributed by atoms with Crippen LogP contribution in [0.15, 0.2) is 30.3 Å². The molecule has 0 spiro atoms. The Labute approximate surface area is 154 Å². The van der Waals surface area contributed by atoms with Gasteiger partial charge in [-0.3, -0.25) is 9.59 Å². The molecule has 1 N–H and O–H groups in total. The van der Waals surface area contributed by atoms with Crippen LogP contribution >= 0.6 is 0 Å². The van der Waals surface area contributed by atoms with E-state index >= 15 is 0 Å². The van der Waals surface area contributed by atoms with E-state index in [1.54, 1.807) is 16.7 Å². The van der Waals surface area contributed by atoms with E-state index in [2.05, 4.69) is 5.32 Å². The number of nitrogens with one attached hydrogen (secondary N) is 1. The molecule has 26 heavy (non-hydrogen) atoms. The monoisotopic (exact) mass is 361 g/mol. The van der Waals surface area contributed by atoms with Crippen LogP contribution in [0.3, 0.4) is 0 Å². The molecule has 7 heteroatoms. The minimum absolute atomic E-state index is 0.0560. The lowest BCUT2D eigenvalue weighted by Gasteiger charge is -2.38. The fraction of sp³-hybridized carbons (Fsp3) is 0.526. The van der Waals surface area contributed by atoms with Crippen LogP contribution in [0.25, 0.3) is 0 Å². The standard InChI is InChI=1S/C19H27N3O4/c1-4-26-18(25)20-14-16(23)21-10-12-22(13-11-21)17(24)19(2,3)15-8-6-5-7-9-15/h5-9H,4,10-14H2,1-3H3,(H,20,25). The number of amides is 3. The quantitative estimate of drug-likeness (QED) is 0.859. The normalized spacial score (nSPS) is 14.7. The number of rotatable bonds is 5. The first-order valence-electron chi connectivity index (χ1n) is 8.89. The van der Waals surface area contributed by atoms with Crippen LogP contribution in [0.2, 0.25) is 0 Å². The lowest BCUT2D eigenvalue weighted by molar-refractivity contribution is -0.142. The van der Waals surface area contributed by atoms with E-state index < -0.39 is 11.5 Å². The van der Waals surface area contributed by atoms with Gasteiger partial charge in [-0.2, -0.15) is 0 Å². The molecule has 1 aromatic rings. The van der Waals surface area contributed by atoms with Crippen LogP contribution in [0.5, 0.6) is 0 Å². The van der Waals surface area contributed by atoms with Gasteiger partial charge < -0.3 is 19.9 Å². The smallest absolute Gasteiger partial charge is 0.407 e. The van der Waals surface area contributed by atoms with Crippen molar-refractivity contribution < 1.29 is 19.1 Å². The van der Waals surface area contributed by atoms with Crippen LogP contribution in [-0.2, 0) is 19.7 Å². The highest BCUT2D eigenvalue weighted by Crippen LogP contribution is 2.26. The molecule has 1 saturated heterocycles. The zero-order valence-corrected chi connectivity index (χ0v) is 15.7. The van der Waals surface area contributed by atoms with Gasteiger partial charge in [0.2, 0.25) is 11.8 Å².